The zero-order chi connectivity index (χ0) is 31.6. The first-order chi connectivity index (χ1) is 22.3. The number of fused-ring (bicyclic) bond motifs is 3. The topological polar surface area (TPSA) is 80.2 Å². The van der Waals surface area contributed by atoms with Gasteiger partial charge >= 0.3 is 0 Å². The van der Waals surface area contributed by atoms with E-state index in [1.807, 2.05) is 30.6 Å². The van der Waals surface area contributed by atoms with Crippen molar-refractivity contribution in [1.82, 2.24) is 24.9 Å². The monoisotopic (exact) mass is 633 g/mol. The van der Waals surface area contributed by atoms with Crippen LogP contribution in [0.2, 0.25) is 5.02 Å². The van der Waals surface area contributed by atoms with Crippen LogP contribution in [0, 0.1) is 13.8 Å². The first-order valence-corrected chi connectivity index (χ1v) is 16.9. The second-order valence-electron chi connectivity index (χ2n) is 13.8. The minimum atomic E-state index is -0.0249. The van der Waals surface area contributed by atoms with Gasteiger partial charge in [-0.15, -0.1) is 0 Å². The molecule has 0 atom stereocenters. The quantitative estimate of drug-likeness (QED) is 0.197. The Labute approximate surface area is 275 Å². The van der Waals surface area contributed by atoms with Gasteiger partial charge in [-0.2, -0.15) is 0 Å². The van der Waals surface area contributed by atoms with E-state index in [0.29, 0.717) is 11.8 Å². The summed E-state index contributed by atoms with van der Waals surface area (Å²) in [6.07, 6.45) is 10.6. The van der Waals surface area contributed by atoms with Crippen LogP contribution >= 0.6 is 11.6 Å². The van der Waals surface area contributed by atoms with Crippen molar-refractivity contribution in [3.8, 4) is 0 Å². The van der Waals surface area contributed by atoms with E-state index in [9.17, 15) is 0 Å². The van der Waals surface area contributed by atoms with Gasteiger partial charge in [0.1, 0.15) is 0 Å². The van der Waals surface area contributed by atoms with E-state index in [0.717, 1.165) is 71.2 Å². The van der Waals surface area contributed by atoms with Gasteiger partial charge in [-0.3, -0.25) is 4.98 Å². The Kier molecular flexibility index (Phi) is 7.33. The highest BCUT2D eigenvalue weighted by atomic mass is 35.5. The van der Waals surface area contributed by atoms with Crippen molar-refractivity contribution in [1.29, 1.82) is 0 Å². The second kappa shape index (κ2) is 11.4. The maximum atomic E-state index is 6.32. The van der Waals surface area contributed by atoms with Gasteiger partial charge in [-0.1, -0.05) is 25.4 Å². The summed E-state index contributed by atoms with van der Waals surface area (Å²) >= 11 is 6.32. The molecule has 2 aliphatic heterocycles. The molecule has 0 unspecified atom stereocenters. The summed E-state index contributed by atoms with van der Waals surface area (Å²) in [4.78, 5) is 28.3. The fourth-order valence-corrected chi connectivity index (χ4v) is 7.38. The van der Waals surface area contributed by atoms with Crippen LogP contribution < -0.4 is 9.80 Å². The molecule has 236 valence electrons. The van der Waals surface area contributed by atoms with Crippen molar-refractivity contribution in [2.24, 2.45) is 0 Å². The molecule has 46 heavy (non-hydrogen) atoms. The molecule has 7 heterocycles. The van der Waals surface area contributed by atoms with Crippen LogP contribution in [0.25, 0.3) is 22.1 Å². The molecule has 2 saturated carbocycles. The van der Waals surface area contributed by atoms with Gasteiger partial charge in [-0.05, 0) is 81.0 Å². The molecular formula is C37H40ClN7O. The third-order valence-electron chi connectivity index (χ3n) is 9.88. The van der Waals surface area contributed by atoms with E-state index in [4.69, 9.17) is 26.3 Å². The predicted molar refractivity (Wildman–Crippen MR) is 185 cm³/mol. The minimum absolute atomic E-state index is 0.0249. The van der Waals surface area contributed by atoms with E-state index < -0.39 is 0 Å². The molecule has 8 nitrogen and oxygen atoms in total. The number of hydrogen-bond donors (Lipinski definition) is 0. The lowest BCUT2D eigenvalue weighted by Crippen LogP contribution is -2.36. The normalized spacial score (nSPS) is 18.9. The lowest BCUT2D eigenvalue weighted by molar-refractivity contribution is 0.122. The van der Waals surface area contributed by atoms with Crippen LogP contribution in [-0.2, 0) is 10.2 Å². The molecule has 3 fully saturated rings. The maximum absolute atomic E-state index is 6.32. The van der Waals surface area contributed by atoms with Gasteiger partial charge in [0.05, 0.1) is 58.6 Å². The highest BCUT2D eigenvalue weighted by Gasteiger charge is 2.40. The molecule has 0 amide bonds. The molecule has 0 radical (unpaired) electrons. The Morgan fingerprint density at radius 3 is 2.09 bits per heavy atom. The van der Waals surface area contributed by atoms with Crippen molar-refractivity contribution in [3.05, 3.63) is 82.2 Å². The van der Waals surface area contributed by atoms with Gasteiger partial charge in [0.15, 0.2) is 11.3 Å². The molecule has 4 aliphatic rings. The fourth-order valence-electron chi connectivity index (χ4n) is 7.14. The van der Waals surface area contributed by atoms with Crippen LogP contribution in [0.15, 0.2) is 48.9 Å². The van der Waals surface area contributed by atoms with Crippen LogP contribution in [0.4, 0.5) is 17.1 Å². The molecule has 5 aromatic rings. The van der Waals surface area contributed by atoms with Crippen molar-refractivity contribution in [2.45, 2.75) is 70.6 Å². The number of halogens is 1. The van der Waals surface area contributed by atoms with E-state index in [2.05, 4.69) is 64.6 Å². The third-order valence-corrected chi connectivity index (χ3v) is 10.4. The third kappa shape index (κ3) is 5.25. The Hall–Kier alpha value is -3.88. The highest BCUT2D eigenvalue weighted by molar-refractivity contribution is 6.36. The smallest absolute Gasteiger partial charge is 0.161 e. The first kappa shape index (κ1) is 29.5. The number of ether oxygens (including phenoxy) is 1. The van der Waals surface area contributed by atoms with Gasteiger partial charge in [-0.25, -0.2) is 19.9 Å². The number of rotatable bonds is 4. The van der Waals surface area contributed by atoms with Crippen molar-refractivity contribution < 1.29 is 4.74 Å². The van der Waals surface area contributed by atoms with Gasteiger partial charge in [0.25, 0.3) is 0 Å². The number of anilines is 3. The molecule has 5 aromatic heterocycles. The summed E-state index contributed by atoms with van der Waals surface area (Å²) in [6, 6.07) is 10.4. The largest absolute Gasteiger partial charge is 0.378 e. The standard InChI is InChI=1S/C25H29N5O.C12H11ClN2/c1-16-21(17-6-7-17)28-24-19(5-4-8-26-24)22(16)30-15-25(2,3)23-20(30)13-18(14-27-23)29-9-11-31-12-10-29;1-7-10(13)9-3-2-6-14-12(9)15-11(7)8-4-5-8/h4-5,8,13-14,17H,6-7,9-12,15H2,1-3H3;2-3,6,8H,4-5H2,1H3. The van der Waals surface area contributed by atoms with Crippen molar-refractivity contribution in [2.75, 3.05) is 42.6 Å². The summed E-state index contributed by atoms with van der Waals surface area (Å²) < 4.78 is 5.56. The highest BCUT2D eigenvalue weighted by Crippen LogP contribution is 2.50. The van der Waals surface area contributed by atoms with Gasteiger partial charge < -0.3 is 14.5 Å². The molecule has 1 saturated heterocycles. The molecule has 9 rings (SSSR count). The Balaban J connectivity index is 0.000000174. The van der Waals surface area contributed by atoms with Gasteiger partial charge in [0, 0.05) is 60.1 Å². The fraction of sp³-hybridized carbons (Fsp3) is 0.432. The summed E-state index contributed by atoms with van der Waals surface area (Å²) in [5, 5.41) is 2.90. The van der Waals surface area contributed by atoms with E-state index in [1.165, 1.54) is 59.7 Å². The minimum Gasteiger partial charge on any atom is -0.378 e. The van der Waals surface area contributed by atoms with E-state index >= 15 is 0 Å². The average molecular weight is 634 g/mol. The number of nitrogens with zero attached hydrogens (tertiary/aromatic N) is 7. The summed E-state index contributed by atoms with van der Waals surface area (Å²) in [5.41, 5.74) is 11.2. The maximum Gasteiger partial charge on any atom is 0.161 e. The summed E-state index contributed by atoms with van der Waals surface area (Å²) in [5.74, 6) is 1.20. The second-order valence-corrected chi connectivity index (χ2v) is 14.2. The summed E-state index contributed by atoms with van der Waals surface area (Å²) in [6.45, 7) is 13.2. The van der Waals surface area contributed by atoms with E-state index in [-0.39, 0.29) is 5.41 Å². The zero-order valence-electron chi connectivity index (χ0n) is 27.1. The van der Waals surface area contributed by atoms with Crippen molar-refractivity contribution >= 4 is 50.7 Å². The zero-order valence-corrected chi connectivity index (χ0v) is 27.8. The average Bonchev–Trinajstić information content (AvgIpc) is 4.01. The SMILES string of the molecule is Cc1c(C2CC2)nc2ncccc2c1Cl.Cc1c(C2CC2)nc2ncccc2c1N1CC(C)(C)c2ncc(N3CCOCC3)cc21. The van der Waals surface area contributed by atoms with Crippen LogP contribution in [-0.4, -0.2) is 57.8 Å². The Morgan fingerprint density at radius 2 is 1.43 bits per heavy atom. The summed E-state index contributed by atoms with van der Waals surface area (Å²) in [7, 11) is 0. The molecule has 0 bridgehead atoms. The molecular weight excluding hydrogens is 594 g/mol. The lowest BCUT2D eigenvalue weighted by atomic mass is 9.91. The van der Waals surface area contributed by atoms with Crippen molar-refractivity contribution in [3.63, 3.8) is 0 Å². The Morgan fingerprint density at radius 1 is 0.826 bits per heavy atom. The van der Waals surface area contributed by atoms with Gasteiger partial charge in [0.2, 0.25) is 0 Å². The Bertz CT molecular complexity index is 1960. The molecule has 0 spiro atoms. The number of aromatic nitrogens is 5. The predicted octanol–water partition coefficient (Wildman–Crippen LogP) is 7.95. The first-order valence-electron chi connectivity index (χ1n) is 16.6. The van der Waals surface area contributed by atoms with Crippen LogP contribution in [0.3, 0.4) is 0 Å². The molecule has 0 aromatic carbocycles. The number of hydrogen-bond acceptors (Lipinski definition) is 8. The molecule has 0 N–H and O–H groups in total. The van der Waals surface area contributed by atoms with Crippen LogP contribution in [0.5, 0.6) is 0 Å². The number of morpholine rings is 1. The van der Waals surface area contributed by atoms with Crippen LogP contribution in [0.1, 0.15) is 79.6 Å². The van der Waals surface area contributed by atoms with E-state index in [1.54, 1.807) is 6.20 Å². The molecule has 9 heteroatoms. The lowest BCUT2D eigenvalue weighted by Gasteiger charge is -2.30. The number of pyridine rings is 5. The molecule has 2 aliphatic carbocycles.